The van der Waals surface area contributed by atoms with Crippen LogP contribution < -0.4 is 4.90 Å². The summed E-state index contributed by atoms with van der Waals surface area (Å²) in [5, 5.41) is 8.85. The highest BCUT2D eigenvalue weighted by Gasteiger charge is 2.10. The molecule has 0 saturated carbocycles. The van der Waals surface area contributed by atoms with Gasteiger partial charge >= 0.3 is 0 Å². The lowest BCUT2D eigenvalue weighted by Gasteiger charge is -2.27. The van der Waals surface area contributed by atoms with Crippen molar-refractivity contribution in [1.82, 2.24) is 0 Å². The molecule has 0 aliphatic heterocycles. The molecule has 0 spiro atoms. The number of rotatable bonds is 4. The van der Waals surface area contributed by atoms with E-state index in [1.54, 1.807) is 0 Å². The number of nitrogens with zero attached hydrogens (tertiary/aromatic N) is 2. The Morgan fingerprint density at radius 2 is 2.19 bits per heavy atom. The van der Waals surface area contributed by atoms with Gasteiger partial charge in [0.1, 0.15) is 6.07 Å². The van der Waals surface area contributed by atoms with Gasteiger partial charge in [-0.05, 0) is 47.5 Å². The first-order valence-corrected chi connectivity index (χ1v) is 6.32. The number of anilines is 1. The number of hydrogen-bond acceptors (Lipinski definition) is 2. The summed E-state index contributed by atoms with van der Waals surface area (Å²) < 4.78 is 0.864. The first kappa shape index (κ1) is 13.1. The second-order valence-corrected chi connectivity index (χ2v) is 4.88. The molecule has 0 N–H and O–H groups in total. The van der Waals surface area contributed by atoms with Crippen LogP contribution in [0.4, 0.5) is 5.69 Å². The summed E-state index contributed by atoms with van der Waals surface area (Å²) in [5.74, 6) is 0. The summed E-state index contributed by atoms with van der Waals surface area (Å²) in [6, 6.07) is 8.52. The van der Waals surface area contributed by atoms with E-state index in [-0.39, 0.29) is 0 Å². The number of nitriles is 1. The van der Waals surface area contributed by atoms with E-state index < -0.39 is 0 Å². The van der Waals surface area contributed by atoms with E-state index in [0.717, 1.165) is 10.2 Å². The van der Waals surface area contributed by atoms with Gasteiger partial charge in [0.2, 0.25) is 0 Å². The van der Waals surface area contributed by atoms with E-state index in [9.17, 15) is 0 Å². The minimum atomic E-state index is 0.518. The first-order chi connectivity index (χ1) is 7.60. The predicted octanol–water partition coefficient (Wildman–Crippen LogP) is 3.95. The zero-order valence-corrected chi connectivity index (χ0v) is 11.6. The fraction of sp³-hybridized carbons (Fsp3) is 0.462. The highest BCUT2D eigenvalue weighted by Crippen LogP contribution is 2.24. The SMILES string of the molecule is CCCC(C)N(C)c1ccc(C#N)c(Br)c1. The van der Waals surface area contributed by atoms with Crippen molar-refractivity contribution in [2.45, 2.75) is 32.7 Å². The highest BCUT2D eigenvalue weighted by molar-refractivity contribution is 9.10. The lowest BCUT2D eigenvalue weighted by atomic mass is 10.1. The molecular weight excluding hydrogens is 264 g/mol. The fourth-order valence-corrected chi connectivity index (χ4v) is 2.14. The average molecular weight is 281 g/mol. The Morgan fingerprint density at radius 1 is 1.50 bits per heavy atom. The Hall–Kier alpha value is -1.01. The summed E-state index contributed by atoms with van der Waals surface area (Å²) in [6.07, 6.45) is 2.36. The van der Waals surface area contributed by atoms with Crippen molar-refractivity contribution in [2.24, 2.45) is 0 Å². The van der Waals surface area contributed by atoms with Crippen LogP contribution in [0.3, 0.4) is 0 Å². The lowest BCUT2D eigenvalue weighted by Crippen LogP contribution is -2.28. The fourth-order valence-electron chi connectivity index (χ4n) is 1.68. The molecular formula is C13H17BrN2. The smallest absolute Gasteiger partial charge is 0.100 e. The van der Waals surface area contributed by atoms with Crippen molar-refractivity contribution >= 4 is 21.6 Å². The molecule has 0 heterocycles. The highest BCUT2D eigenvalue weighted by atomic mass is 79.9. The Balaban J connectivity index is 2.89. The molecule has 0 radical (unpaired) electrons. The van der Waals surface area contributed by atoms with Crippen LogP contribution in [0.15, 0.2) is 22.7 Å². The summed E-state index contributed by atoms with van der Waals surface area (Å²) >= 11 is 3.41. The molecule has 1 atom stereocenters. The van der Waals surface area contributed by atoms with Crippen molar-refractivity contribution < 1.29 is 0 Å². The van der Waals surface area contributed by atoms with E-state index in [2.05, 4.69) is 47.8 Å². The molecule has 0 aromatic heterocycles. The van der Waals surface area contributed by atoms with Gasteiger partial charge in [-0.15, -0.1) is 0 Å². The summed E-state index contributed by atoms with van der Waals surface area (Å²) in [5.41, 5.74) is 1.83. The molecule has 1 aromatic rings. The second-order valence-electron chi connectivity index (χ2n) is 4.02. The van der Waals surface area contributed by atoms with E-state index in [1.807, 2.05) is 18.2 Å². The third-order valence-electron chi connectivity index (χ3n) is 2.85. The average Bonchev–Trinajstić information content (AvgIpc) is 2.28. The Labute approximate surface area is 106 Å². The monoisotopic (exact) mass is 280 g/mol. The molecule has 86 valence electrons. The molecule has 16 heavy (non-hydrogen) atoms. The van der Waals surface area contributed by atoms with Crippen LogP contribution in [0.25, 0.3) is 0 Å². The van der Waals surface area contributed by atoms with Crippen LogP contribution in [-0.2, 0) is 0 Å². The van der Waals surface area contributed by atoms with Gasteiger partial charge in [0.25, 0.3) is 0 Å². The van der Waals surface area contributed by atoms with Crippen LogP contribution in [0.2, 0.25) is 0 Å². The predicted molar refractivity (Wildman–Crippen MR) is 71.6 cm³/mol. The molecule has 3 heteroatoms. The number of hydrogen-bond donors (Lipinski definition) is 0. The van der Waals surface area contributed by atoms with Gasteiger partial charge in [-0.1, -0.05) is 13.3 Å². The van der Waals surface area contributed by atoms with E-state index in [0.29, 0.717) is 11.6 Å². The van der Waals surface area contributed by atoms with Crippen molar-refractivity contribution in [3.63, 3.8) is 0 Å². The van der Waals surface area contributed by atoms with Crippen LogP contribution in [0, 0.1) is 11.3 Å². The Morgan fingerprint density at radius 3 is 2.69 bits per heavy atom. The maximum Gasteiger partial charge on any atom is 0.100 e. The molecule has 0 aliphatic carbocycles. The minimum Gasteiger partial charge on any atom is -0.372 e. The van der Waals surface area contributed by atoms with Crippen molar-refractivity contribution in [3.8, 4) is 6.07 Å². The zero-order chi connectivity index (χ0) is 12.1. The normalized spacial score (nSPS) is 11.9. The van der Waals surface area contributed by atoms with Crippen molar-refractivity contribution in [1.29, 1.82) is 5.26 Å². The summed E-state index contributed by atoms with van der Waals surface area (Å²) in [6.45, 7) is 4.41. The first-order valence-electron chi connectivity index (χ1n) is 5.52. The lowest BCUT2D eigenvalue weighted by molar-refractivity contribution is 0.616. The molecule has 0 aliphatic rings. The third kappa shape index (κ3) is 2.99. The van der Waals surface area contributed by atoms with Crippen LogP contribution in [0.5, 0.6) is 0 Å². The van der Waals surface area contributed by atoms with Gasteiger partial charge in [-0.3, -0.25) is 0 Å². The Bertz CT molecular complexity index is 395. The molecule has 1 aromatic carbocycles. The van der Waals surface area contributed by atoms with Gasteiger partial charge in [0, 0.05) is 23.2 Å². The second kappa shape index (κ2) is 5.91. The van der Waals surface area contributed by atoms with Gasteiger partial charge < -0.3 is 4.90 Å². The summed E-state index contributed by atoms with van der Waals surface area (Å²) in [7, 11) is 2.09. The van der Waals surface area contributed by atoms with Crippen LogP contribution >= 0.6 is 15.9 Å². The molecule has 0 bridgehead atoms. The minimum absolute atomic E-state index is 0.518. The maximum absolute atomic E-state index is 8.85. The molecule has 1 unspecified atom stereocenters. The van der Waals surface area contributed by atoms with Crippen molar-refractivity contribution in [2.75, 3.05) is 11.9 Å². The van der Waals surface area contributed by atoms with E-state index in [1.165, 1.54) is 12.8 Å². The van der Waals surface area contributed by atoms with Gasteiger partial charge in [0.05, 0.1) is 5.56 Å². The molecule has 2 nitrogen and oxygen atoms in total. The summed E-state index contributed by atoms with van der Waals surface area (Å²) in [4.78, 5) is 2.25. The Kier molecular flexibility index (Phi) is 4.82. The maximum atomic E-state index is 8.85. The zero-order valence-electron chi connectivity index (χ0n) is 10.00. The van der Waals surface area contributed by atoms with Gasteiger partial charge in [0.15, 0.2) is 0 Å². The molecule has 1 rings (SSSR count). The van der Waals surface area contributed by atoms with E-state index >= 15 is 0 Å². The topological polar surface area (TPSA) is 27.0 Å². The van der Waals surface area contributed by atoms with Gasteiger partial charge in [-0.2, -0.15) is 5.26 Å². The van der Waals surface area contributed by atoms with Crippen LogP contribution in [0.1, 0.15) is 32.3 Å². The van der Waals surface area contributed by atoms with Crippen LogP contribution in [-0.4, -0.2) is 13.1 Å². The third-order valence-corrected chi connectivity index (χ3v) is 3.50. The molecule has 0 saturated heterocycles. The van der Waals surface area contributed by atoms with E-state index in [4.69, 9.17) is 5.26 Å². The number of benzene rings is 1. The van der Waals surface area contributed by atoms with Crippen molar-refractivity contribution in [3.05, 3.63) is 28.2 Å². The largest absolute Gasteiger partial charge is 0.372 e. The number of halogens is 1. The molecule has 0 amide bonds. The molecule has 0 fully saturated rings. The quantitative estimate of drug-likeness (QED) is 0.835. The standard InChI is InChI=1S/C13H17BrN2/c1-4-5-10(2)16(3)12-7-6-11(9-15)13(14)8-12/h6-8,10H,4-5H2,1-3H3. The van der Waals surface area contributed by atoms with Gasteiger partial charge in [-0.25, -0.2) is 0 Å².